The summed E-state index contributed by atoms with van der Waals surface area (Å²) in [5.74, 6) is 0. The molecule has 0 radical (unpaired) electrons. The van der Waals surface area contributed by atoms with Crippen LogP contribution in [0, 0.1) is 0 Å². The number of carbonyl (C=O) groups is 1. The Bertz CT molecular complexity index is 497. The average molecular weight is 291 g/mol. The van der Waals surface area contributed by atoms with Crippen molar-refractivity contribution in [2.75, 3.05) is 16.8 Å². The first-order chi connectivity index (χ1) is 9.87. The number of nitrogens with one attached hydrogen (secondary N) is 1. The second kappa shape index (κ2) is 6.33. The van der Waals surface area contributed by atoms with E-state index >= 15 is 0 Å². The van der Waals surface area contributed by atoms with Gasteiger partial charge >= 0.3 is 6.09 Å². The van der Waals surface area contributed by atoms with Gasteiger partial charge in [-0.25, -0.2) is 4.79 Å². The monoisotopic (exact) mass is 291 g/mol. The highest BCUT2D eigenvalue weighted by Crippen LogP contribution is 2.30. The molecule has 21 heavy (non-hydrogen) atoms. The molecule has 1 aliphatic heterocycles. The van der Waals surface area contributed by atoms with E-state index in [1.54, 1.807) is 12.4 Å². The SMILES string of the molecule is CC1CCCCN1c1ccncc1NC(=O)OC(C)(C)C. The van der Waals surface area contributed by atoms with Gasteiger partial charge in [-0.05, 0) is 53.0 Å². The number of amides is 1. The van der Waals surface area contributed by atoms with Crippen molar-refractivity contribution in [1.82, 2.24) is 4.98 Å². The maximum atomic E-state index is 12.0. The number of aromatic nitrogens is 1. The van der Waals surface area contributed by atoms with E-state index in [0.717, 1.165) is 12.2 Å². The lowest BCUT2D eigenvalue weighted by molar-refractivity contribution is 0.0636. The average Bonchev–Trinajstić information content (AvgIpc) is 2.38. The normalized spacial score (nSPS) is 19.2. The molecule has 0 aliphatic carbocycles. The highest BCUT2D eigenvalue weighted by atomic mass is 16.6. The molecular weight excluding hydrogens is 266 g/mol. The summed E-state index contributed by atoms with van der Waals surface area (Å²) in [7, 11) is 0. The lowest BCUT2D eigenvalue weighted by Crippen LogP contribution is -2.38. The third kappa shape index (κ3) is 4.34. The van der Waals surface area contributed by atoms with Crippen molar-refractivity contribution in [1.29, 1.82) is 0 Å². The molecule has 1 N–H and O–H groups in total. The van der Waals surface area contributed by atoms with Crippen LogP contribution in [0.2, 0.25) is 0 Å². The topological polar surface area (TPSA) is 54.5 Å². The number of hydrogen-bond donors (Lipinski definition) is 1. The van der Waals surface area contributed by atoms with Gasteiger partial charge in [0.15, 0.2) is 0 Å². The van der Waals surface area contributed by atoms with Crippen molar-refractivity contribution in [3.05, 3.63) is 18.5 Å². The molecule has 1 unspecified atom stereocenters. The molecule has 1 fully saturated rings. The van der Waals surface area contributed by atoms with Crippen LogP contribution in [-0.4, -0.2) is 29.3 Å². The number of pyridine rings is 1. The van der Waals surface area contributed by atoms with Gasteiger partial charge in [0.25, 0.3) is 0 Å². The molecule has 5 heteroatoms. The molecule has 1 saturated heterocycles. The second-order valence-corrected chi connectivity index (χ2v) is 6.56. The van der Waals surface area contributed by atoms with Crippen LogP contribution < -0.4 is 10.2 Å². The minimum Gasteiger partial charge on any atom is -0.444 e. The first-order valence-corrected chi connectivity index (χ1v) is 7.57. The first-order valence-electron chi connectivity index (χ1n) is 7.57. The third-order valence-corrected chi connectivity index (χ3v) is 3.55. The van der Waals surface area contributed by atoms with E-state index in [0.29, 0.717) is 11.7 Å². The van der Waals surface area contributed by atoms with Crippen LogP contribution >= 0.6 is 0 Å². The predicted molar refractivity (Wildman–Crippen MR) is 84.8 cm³/mol. The summed E-state index contributed by atoms with van der Waals surface area (Å²) in [6.45, 7) is 8.78. The van der Waals surface area contributed by atoms with Gasteiger partial charge in [0.2, 0.25) is 0 Å². The molecule has 0 aromatic carbocycles. The fraction of sp³-hybridized carbons (Fsp3) is 0.625. The number of ether oxygens (including phenoxy) is 1. The smallest absolute Gasteiger partial charge is 0.412 e. The molecule has 0 bridgehead atoms. The van der Waals surface area contributed by atoms with Gasteiger partial charge in [0.1, 0.15) is 5.60 Å². The maximum Gasteiger partial charge on any atom is 0.412 e. The number of nitrogens with zero attached hydrogens (tertiary/aromatic N) is 2. The van der Waals surface area contributed by atoms with Gasteiger partial charge in [0.05, 0.1) is 17.6 Å². The van der Waals surface area contributed by atoms with Crippen LogP contribution in [0.25, 0.3) is 0 Å². The van der Waals surface area contributed by atoms with Gasteiger partial charge in [-0.2, -0.15) is 0 Å². The van der Waals surface area contributed by atoms with Crippen molar-refractivity contribution in [3.8, 4) is 0 Å². The van der Waals surface area contributed by atoms with Crippen LogP contribution in [0.15, 0.2) is 18.5 Å². The van der Waals surface area contributed by atoms with Gasteiger partial charge < -0.3 is 9.64 Å². The van der Waals surface area contributed by atoms with E-state index in [4.69, 9.17) is 4.74 Å². The zero-order chi connectivity index (χ0) is 15.5. The van der Waals surface area contributed by atoms with Crippen LogP contribution in [0.5, 0.6) is 0 Å². The minimum atomic E-state index is -0.509. The van der Waals surface area contributed by atoms with Crippen LogP contribution in [0.3, 0.4) is 0 Å². The lowest BCUT2D eigenvalue weighted by Gasteiger charge is -2.36. The molecule has 1 amide bonds. The zero-order valence-electron chi connectivity index (χ0n) is 13.3. The van der Waals surface area contributed by atoms with Crippen LogP contribution in [-0.2, 0) is 4.74 Å². The Kier molecular flexibility index (Phi) is 4.70. The van der Waals surface area contributed by atoms with E-state index in [1.165, 1.54) is 19.3 Å². The fourth-order valence-corrected chi connectivity index (χ4v) is 2.60. The molecule has 0 spiro atoms. The highest BCUT2D eigenvalue weighted by Gasteiger charge is 2.23. The predicted octanol–water partition coefficient (Wildman–Crippen LogP) is 3.81. The standard InChI is InChI=1S/C16H25N3O2/c1-12-7-5-6-10-19(12)14-8-9-17-11-13(14)18-15(20)21-16(2,3)4/h8-9,11-12H,5-7,10H2,1-4H3,(H,18,20). The van der Waals surface area contributed by atoms with Crippen LogP contribution in [0.1, 0.15) is 47.0 Å². The molecule has 1 atom stereocenters. The Hall–Kier alpha value is -1.78. The second-order valence-electron chi connectivity index (χ2n) is 6.56. The Morgan fingerprint density at radius 1 is 1.43 bits per heavy atom. The fourth-order valence-electron chi connectivity index (χ4n) is 2.60. The number of rotatable bonds is 2. The maximum absolute atomic E-state index is 12.0. The molecule has 5 nitrogen and oxygen atoms in total. The van der Waals surface area contributed by atoms with Crippen molar-refractivity contribution in [3.63, 3.8) is 0 Å². The summed E-state index contributed by atoms with van der Waals surface area (Å²) in [6, 6.07) is 2.43. The molecule has 0 saturated carbocycles. The van der Waals surface area contributed by atoms with E-state index in [9.17, 15) is 4.79 Å². The van der Waals surface area contributed by atoms with Crippen molar-refractivity contribution < 1.29 is 9.53 Å². The molecule has 1 aromatic rings. The molecule has 116 valence electrons. The van der Waals surface area contributed by atoms with Crippen molar-refractivity contribution in [2.45, 2.75) is 58.6 Å². The largest absolute Gasteiger partial charge is 0.444 e. The Morgan fingerprint density at radius 2 is 2.19 bits per heavy atom. The third-order valence-electron chi connectivity index (χ3n) is 3.55. The number of piperidine rings is 1. The summed E-state index contributed by atoms with van der Waals surface area (Å²) >= 11 is 0. The first kappa shape index (κ1) is 15.6. The van der Waals surface area contributed by atoms with Crippen molar-refractivity contribution >= 4 is 17.5 Å². The number of hydrogen-bond acceptors (Lipinski definition) is 4. The molecule has 2 heterocycles. The summed E-state index contributed by atoms with van der Waals surface area (Å²) in [5.41, 5.74) is 1.22. The van der Waals surface area contributed by atoms with Gasteiger partial charge in [0, 0.05) is 18.8 Å². The van der Waals surface area contributed by atoms with Gasteiger partial charge in [-0.1, -0.05) is 0 Å². The Balaban J connectivity index is 2.15. The number of carbonyl (C=O) groups excluding carboxylic acids is 1. The molecular formula is C16H25N3O2. The summed E-state index contributed by atoms with van der Waals surface area (Å²) < 4.78 is 5.31. The van der Waals surface area contributed by atoms with Crippen LogP contribution in [0.4, 0.5) is 16.2 Å². The zero-order valence-corrected chi connectivity index (χ0v) is 13.3. The summed E-state index contributed by atoms with van der Waals surface area (Å²) in [6.07, 6.45) is 6.61. The summed E-state index contributed by atoms with van der Waals surface area (Å²) in [4.78, 5) is 18.4. The van der Waals surface area contributed by atoms with E-state index in [2.05, 4.69) is 22.1 Å². The quantitative estimate of drug-likeness (QED) is 0.900. The van der Waals surface area contributed by atoms with Gasteiger partial charge in [-0.3, -0.25) is 10.3 Å². The minimum absolute atomic E-state index is 0.443. The van der Waals surface area contributed by atoms with E-state index in [1.807, 2.05) is 26.8 Å². The highest BCUT2D eigenvalue weighted by molar-refractivity contribution is 5.89. The van der Waals surface area contributed by atoms with E-state index < -0.39 is 11.7 Å². The molecule has 1 aromatic heterocycles. The summed E-state index contributed by atoms with van der Waals surface area (Å²) in [5, 5.41) is 2.82. The Labute approximate surface area is 126 Å². The van der Waals surface area contributed by atoms with E-state index in [-0.39, 0.29) is 0 Å². The molecule has 2 rings (SSSR count). The molecule has 1 aliphatic rings. The van der Waals surface area contributed by atoms with Crippen molar-refractivity contribution in [2.24, 2.45) is 0 Å². The lowest BCUT2D eigenvalue weighted by atomic mass is 10.0. The van der Waals surface area contributed by atoms with Gasteiger partial charge in [-0.15, -0.1) is 0 Å². The number of anilines is 2. The Morgan fingerprint density at radius 3 is 2.86 bits per heavy atom.